The summed E-state index contributed by atoms with van der Waals surface area (Å²) >= 11 is 0. The normalized spacial score (nSPS) is 16.1. The van der Waals surface area contributed by atoms with Crippen molar-refractivity contribution in [3.63, 3.8) is 0 Å². The third-order valence-electron chi connectivity index (χ3n) is 2.96. The van der Waals surface area contributed by atoms with Gasteiger partial charge in [-0.2, -0.15) is 0 Å². The zero-order valence-electron chi connectivity index (χ0n) is 10.3. The molecular formula is C13H18FNO2. The van der Waals surface area contributed by atoms with E-state index in [0.717, 1.165) is 18.8 Å². The highest BCUT2D eigenvalue weighted by Gasteiger charge is 2.15. The summed E-state index contributed by atoms with van der Waals surface area (Å²) in [5.41, 5.74) is 1.45. The van der Waals surface area contributed by atoms with Crippen LogP contribution in [0.2, 0.25) is 0 Å². The van der Waals surface area contributed by atoms with Gasteiger partial charge in [-0.05, 0) is 19.9 Å². The molecular weight excluding hydrogens is 221 g/mol. The lowest BCUT2D eigenvalue weighted by molar-refractivity contribution is 0.122. The van der Waals surface area contributed by atoms with Gasteiger partial charge < -0.3 is 14.4 Å². The summed E-state index contributed by atoms with van der Waals surface area (Å²) in [6.07, 6.45) is 0. The van der Waals surface area contributed by atoms with Crippen LogP contribution in [0.25, 0.3) is 0 Å². The van der Waals surface area contributed by atoms with Crippen LogP contribution >= 0.6 is 0 Å². The molecule has 0 amide bonds. The largest absolute Gasteiger partial charge is 0.493 e. The van der Waals surface area contributed by atoms with Crippen LogP contribution in [0.1, 0.15) is 12.5 Å². The van der Waals surface area contributed by atoms with Gasteiger partial charge in [0.2, 0.25) is 0 Å². The topological polar surface area (TPSA) is 21.7 Å². The molecule has 4 heteroatoms. The van der Waals surface area contributed by atoms with Crippen molar-refractivity contribution < 1.29 is 13.9 Å². The van der Waals surface area contributed by atoms with E-state index in [1.165, 1.54) is 0 Å². The first-order valence-corrected chi connectivity index (χ1v) is 5.98. The maximum atomic E-state index is 13.8. The molecule has 3 nitrogen and oxygen atoms in total. The Kier molecular flexibility index (Phi) is 3.84. The molecule has 2 rings (SSSR count). The second-order valence-corrected chi connectivity index (χ2v) is 4.08. The van der Waals surface area contributed by atoms with Crippen LogP contribution in [-0.2, 0) is 4.74 Å². The van der Waals surface area contributed by atoms with Crippen molar-refractivity contribution in [2.24, 2.45) is 0 Å². The molecule has 17 heavy (non-hydrogen) atoms. The van der Waals surface area contributed by atoms with E-state index in [4.69, 9.17) is 9.47 Å². The predicted octanol–water partition coefficient (Wildman–Crippen LogP) is 2.37. The first kappa shape index (κ1) is 12.2. The highest BCUT2D eigenvalue weighted by Crippen LogP contribution is 2.28. The lowest BCUT2D eigenvalue weighted by atomic mass is 10.1. The summed E-state index contributed by atoms with van der Waals surface area (Å²) in [5.74, 6) is 0.423. The van der Waals surface area contributed by atoms with Crippen molar-refractivity contribution in [2.75, 3.05) is 37.8 Å². The van der Waals surface area contributed by atoms with Gasteiger partial charge in [0, 0.05) is 30.4 Å². The highest BCUT2D eigenvalue weighted by atomic mass is 19.1. The Morgan fingerprint density at radius 3 is 2.71 bits per heavy atom. The second kappa shape index (κ2) is 5.36. The van der Waals surface area contributed by atoms with Gasteiger partial charge in [0.1, 0.15) is 11.6 Å². The van der Waals surface area contributed by atoms with Gasteiger partial charge in [-0.3, -0.25) is 0 Å². The summed E-state index contributed by atoms with van der Waals surface area (Å²) < 4.78 is 24.5. The van der Waals surface area contributed by atoms with E-state index in [0.29, 0.717) is 31.1 Å². The van der Waals surface area contributed by atoms with E-state index in [2.05, 4.69) is 4.90 Å². The van der Waals surface area contributed by atoms with Crippen molar-refractivity contribution in [2.45, 2.75) is 13.8 Å². The smallest absolute Gasteiger partial charge is 0.131 e. The molecule has 94 valence electrons. The van der Waals surface area contributed by atoms with Gasteiger partial charge in [-0.25, -0.2) is 4.39 Å². The number of hydrogen-bond acceptors (Lipinski definition) is 3. The predicted molar refractivity (Wildman–Crippen MR) is 65.3 cm³/mol. The van der Waals surface area contributed by atoms with Gasteiger partial charge in [0.25, 0.3) is 0 Å². The van der Waals surface area contributed by atoms with Crippen LogP contribution in [0.3, 0.4) is 0 Å². The first-order chi connectivity index (χ1) is 8.22. The number of rotatable bonds is 3. The van der Waals surface area contributed by atoms with Crippen LogP contribution in [-0.4, -0.2) is 32.9 Å². The van der Waals surface area contributed by atoms with Crippen molar-refractivity contribution >= 4 is 5.69 Å². The van der Waals surface area contributed by atoms with E-state index in [9.17, 15) is 4.39 Å². The molecule has 1 aromatic carbocycles. The van der Waals surface area contributed by atoms with Gasteiger partial charge in [0.15, 0.2) is 0 Å². The molecule has 1 aliphatic heterocycles. The van der Waals surface area contributed by atoms with Crippen molar-refractivity contribution in [3.05, 3.63) is 23.5 Å². The molecule has 1 heterocycles. The summed E-state index contributed by atoms with van der Waals surface area (Å²) in [4.78, 5) is 2.12. The van der Waals surface area contributed by atoms with Crippen LogP contribution in [0.15, 0.2) is 12.1 Å². The standard InChI is InChI=1S/C13H18FNO2/c1-3-17-13-9-11(8-12(14)10(13)2)15-4-6-16-7-5-15/h8-9H,3-7H2,1-2H3. The van der Waals surface area contributed by atoms with Crippen molar-refractivity contribution in [3.8, 4) is 5.75 Å². The third-order valence-corrected chi connectivity index (χ3v) is 2.96. The van der Waals surface area contributed by atoms with Gasteiger partial charge in [0.05, 0.1) is 19.8 Å². The maximum Gasteiger partial charge on any atom is 0.131 e. The summed E-state index contributed by atoms with van der Waals surface area (Å²) in [6.45, 7) is 7.18. The van der Waals surface area contributed by atoms with Crippen LogP contribution in [0, 0.1) is 12.7 Å². The Morgan fingerprint density at radius 1 is 1.35 bits per heavy atom. The summed E-state index contributed by atoms with van der Waals surface area (Å²) in [7, 11) is 0. The third kappa shape index (κ3) is 2.69. The number of nitrogens with zero attached hydrogens (tertiary/aromatic N) is 1. The van der Waals surface area contributed by atoms with E-state index in [-0.39, 0.29) is 5.82 Å². The molecule has 0 radical (unpaired) electrons. The average Bonchev–Trinajstić information content (AvgIpc) is 2.36. The fourth-order valence-corrected chi connectivity index (χ4v) is 1.95. The molecule has 0 atom stereocenters. The molecule has 1 aliphatic rings. The summed E-state index contributed by atoms with van der Waals surface area (Å²) in [5, 5.41) is 0. The average molecular weight is 239 g/mol. The zero-order valence-corrected chi connectivity index (χ0v) is 10.3. The second-order valence-electron chi connectivity index (χ2n) is 4.08. The molecule has 1 fully saturated rings. The molecule has 0 spiro atoms. The Labute approximate surface area is 101 Å². The Bertz CT molecular complexity index is 389. The molecule has 1 saturated heterocycles. The SMILES string of the molecule is CCOc1cc(N2CCOCC2)cc(F)c1C. The molecule has 1 aromatic rings. The fourth-order valence-electron chi connectivity index (χ4n) is 1.95. The van der Waals surface area contributed by atoms with Crippen molar-refractivity contribution in [1.82, 2.24) is 0 Å². The van der Waals surface area contributed by atoms with Gasteiger partial charge in [-0.1, -0.05) is 0 Å². The Morgan fingerprint density at radius 2 is 2.06 bits per heavy atom. The number of benzene rings is 1. The van der Waals surface area contributed by atoms with E-state index in [1.54, 1.807) is 13.0 Å². The molecule has 0 aliphatic carbocycles. The fraction of sp³-hybridized carbons (Fsp3) is 0.538. The molecule has 0 unspecified atom stereocenters. The number of ether oxygens (including phenoxy) is 2. The van der Waals surface area contributed by atoms with Crippen LogP contribution in [0.5, 0.6) is 5.75 Å². The number of halogens is 1. The van der Waals surface area contributed by atoms with E-state index in [1.807, 2.05) is 13.0 Å². The monoisotopic (exact) mass is 239 g/mol. The highest BCUT2D eigenvalue weighted by molar-refractivity contribution is 5.54. The lowest BCUT2D eigenvalue weighted by Gasteiger charge is -2.29. The Balaban J connectivity index is 2.27. The number of hydrogen-bond donors (Lipinski definition) is 0. The molecule has 0 saturated carbocycles. The zero-order chi connectivity index (χ0) is 12.3. The quantitative estimate of drug-likeness (QED) is 0.808. The Hall–Kier alpha value is -1.29. The van der Waals surface area contributed by atoms with Gasteiger partial charge >= 0.3 is 0 Å². The van der Waals surface area contributed by atoms with Gasteiger partial charge in [-0.15, -0.1) is 0 Å². The van der Waals surface area contributed by atoms with E-state index < -0.39 is 0 Å². The number of anilines is 1. The molecule has 0 bridgehead atoms. The minimum absolute atomic E-state index is 0.211. The van der Waals surface area contributed by atoms with Crippen molar-refractivity contribution in [1.29, 1.82) is 0 Å². The van der Waals surface area contributed by atoms with Crippen LogP contribution < -0.4 is 9.64 Å². The minimum Gasteiger partial charge on any atom is -0.493 e. The minimum atomic E-state index is -0.211. The maximum absolute atomic E-state index is 13.8. The first-order valence-electron chi connectivity index (χ1n) is 5.98. The lowest BCUT2D eigenvalue weighted by Crippen LogP contribution is -2.36. The van der Waals surface area contributed by atoms with E-state index >= 15 is 0 Å². The number of morpholine rings is 1. The molecule has 0 aromatic heterocycles. The molecule has 0 N–H and O–H groups in total. The van der Waals surface area contributed by atoms with Crippen LogP contribution in [0.4, 0.5) is 10.1 Å². The summed E-state index contributed by atoms with van der Waals surface area (Å²) in [6, 6.07) is 3.48.